The van der Waals surface area contributed by atoms with Gasteiger partial charge in [0.25, 0.3) is 0 Å². The van der Waals surface area contributed by atoms with Crippen LogP contribution in [-0.4, -0.2) is 4.98 Å². The Kier molecular flexibility index (Phi) is 3.78. The van der Waals surface area contributed by atoms with Crippen LogP contribution in [0.4, 0.5) is 10.1 Å². The van der Waals surface area contributed by atoms with Crippen LogP contribution in [0.2, 0.25) is 0 Å². The van der Waals surface area contributed by atoms with Crippen LogP contribution < -0.4 is 5.73 Å². The zero-order valence-corrected chi connectivity index (χ0v) is 10.6. The molecule has 0 atom stereocenters. The van der Waals surface area contributed by atoms with Gasteiger partial charge in [-0.15, -0.1) is 12.6 Å². The van der Waals surface area contributed by atoms with Crippen molar-refractivity contribution in [3.05, 3.63) is 48.1 Å². The summed E-state index contributed by atoms with van der Waals surface area (Å²) in [6.07, 6.45) is 3.44. The zero-order valence-electron chi connectivity index (χ0n) is 9.72. The van der Waals surface area contributed by atoms with Gasteiger partial charge in [0.05, 0.1) is 34.0 Å². The number of benzene rings is 1. The van der Waals surface area contributed by atoms with Crippen molar-refractivity contribution >= 4 is 29.4 Å². The fourth-order valence-corrected chi connectivity index (χ4v) is 1.67. The van der Waals surface area contributed by atoms with Crippen molar-refractivity contribution in [2.24, 2.45) is 0 Å². The Morgan fingerprint density at radius 2 is 2.16 bits per heavy atom. The van der Waals surface area contributed by atoms with Crippen LogP contribution in [-0.2, 0) is 0 Å². The third-order valence-corrected chi connectivity index (χ3v) is 2.72. The van der Waals surface area contributed by atoms with Gasteiger partial charge in [-0.2, -0.15) is 5.26 Å². The molecule has 6 heteroatoms. The largest absolute Gasteiger partial charge is 0.461 e. The fraction of sp³-hybridized carbons (Fsp3) is 0. The Labute approximate surface area is 114 Å². The minimum absolute atomic E-state index is 0.0685. The average Bonchev–Trinajstić information content (AvgIpc) is 3.00. The first-order valence-corrected chi connectivity index (χ1v) is 5.75. The summed E-state index contributed by atoms with van der Waals surface area (Å²) in [6.45, 7) is 0. The SMILES string of the molecule is N#Cc1ccc(N)c(F)c1.Sc1c[nH]c2ccoc12. The van der Waals surface area contributed by atoms with E-state index in [2.05, 4.69) is 17.6 Å². The Hall–Kier alpha value is -2.39. The van der Waals surface area contributed by atoms with E-state index in [1.807, 2.05) is 6.07 Å². The predicted molar refractivity (Wildman–Crippen MR) is 73.3 cm³/mol. The normalized spacial score (nSPS) is 9.74. The highest BCUT2D eigenvalue weighted by atomic mass is 32.1. The van der Waals surface area contributed by atoms with E-state index in [0.717, 1.165) is 22.1 Å². The molecule has 0 spiro atoms. The summed E-state index contributed by atoms with van der Waals surface area (Å²) < 4.78 is 17.6. The lowest BCUT2D eigenvalue weighted by Gasteiger charge is -1.93. The number of halogens is 1. The molecule has 1 aromatic carbocycles. The van der Waals surface area contributed by atoms with Gasteiger partial charge in [0.15, 0.2) is 5.58 Å². The van der Waals surface area contributed by atoms with E-state index in [4.69, 9.17) is 15.4 Å². The Bertz CT molecular complexity index is 742. The van der Waals surface area contributed by atoms with Crippen LogP contribution in [0.15, 0.2) is 46.0 Å². The molecule has 2 heterocycles. The van der Waals surface area contributed by atoms with Gasteiger partial charge in [0.2, 0.25) is 0 Å². The van der Waals surface area contributed by atoms with Gasteiger partial charge >= 0.3 is 0 Å². The molecule has 19 heavy (non-hydrogen) atoms. The maximum atomic E-state index is 12.5. The lowest BCUT2D eigenvalue weighted by atomic mass is 10.2. The minimum atomic E-state index is -0.543. The van der Waals surface area contributed by atoms with Gasteiger partial charge in [-0.3, -0.25) is 0 Å². The van der Waals surface area contributed by atoms with Crippen LogP contribution in [0.5, 0.6) is 0 Å². The van der Waals surface area contributed by atoms with Gasteiger partial charge < -0.3 is 15.1 Å². The van der Waals surface area contributed by atoms with E-state index in [9.17, 15) is 4.39 Å². The molecular weight excluding hydrogens is 265 g/mol. The number of nitrogen functional groups attached to an aromatic ring is 1. The summed E-state index contributed by atoms with van der Waals surface area (Å²) in [5, 5.41) is 8.30. The van der Waals surface area contributed by atoms with Crippen molar-refractivity contribution in [1.82, 2.24) is 4.98 Å². The quantitative estimate of drug-likeness (QED) is 0.435. The predicted octanol–water partition coefficient (Wildman–Crippen LogP) is 3.33. The molecule has 3 N–H and O–H groups in total. The molecule has 4 nitrogen and oxygen atoms in total. The number of thiol groups is 1. The number of hydrogen-bond acceptors (Lipinski definition) is 4. The molecule has 2 aromatic heterocycles. The van der Waals surface area contributed by atoms with E-state index in [0.29, 0.717) is 0 Å². The number of furan rings is 1. The van der Waals surface area contributed by atoms with Gasteiger partial charge in [-0.05, 0) is 18.2 Å². The lowest BCUT2D eigenvalue weighted by Crippen LogP contribution is -1.89. The summed E-state index contributed by atoms with van der Waals surface area (Å²) in [4.78, 5) is 3.85. The van der Waals surface area contributed by atoms with Crippen LogP contribution in [0.25, 0.3) is 11.1 Å². The molecule has 0 aliphatic carbocycles. The molecule has 0 bridgehead atoms. The van der Waals surface area contributed by atoms with Crippen molar-refractivity contribution in [3.8, 4) is 6.07 Å². The third kappa shape index (κ3) is 2.89. The summed E-state index contributed by atoms with van der Waals surface area (Å²) >= 11 is 4.14. The highest BCUT2D eigenvalue weighted by molar-refractivity contribution is 7.80. The number of hydrogen-bond donors (Lipinski definition) is 3. The molecule has 96 valence electrons. The molecule has 0 amide bonds. The van der Waals surface area contributed by atoms with Crippen molar-refractivity contribution in [2.45, 2.75) is 4.90 Å². The first kappa shape index (κ1) is 13.1. The standard InChI is InChI=1S/C7H5FN2.C6H5NOS/c8-6-3-5(4-9)1-2-7(6)10;9-5-3-7-4-1-2-8-6(4)5/h1-3H,10H2;1-3,7,9H. The summed E-state index contributed by atoms with van der Waals surface area (Å²) in [7, 11) is 0. The summed E-state index contributed by atoms with van der Waals surface area (Å²) in [5.41, 5.74) is 7.34. The van der Waals surface area contributed by atoms with Crippen LogP contribution >= 0.6 is 12.6 Å². The maximum Gasteiger partial charge on any atom is 0.164 e. The topological polar surface area (TPSA) is 78.7 Å². The number of aromatic nitrogens is 1. The molecule has 0 aliphatic rings. The first-order chi connectivity index (χ1) is 9.11. The van der Waals surface area contributed by atoms with Crippen molar-refractivity contribution in [2.75, 3.05) is 5.73 Å². The smallest absolute Gasteiger partial charge is 0.164 e. The van der Waals surface area contributed by atoms with E-state index in [1.54, 1.807) is 18.5 Å². The molecular formula is C13H10FN3OS. The monoisotopic (exact) mass is 275 g/mol. The van der Waals surface area contributed by atoms with Gasteiger partial charge in [-0.1, -0.05) is 0 Å². The third-order valence-electron chi connectivity index (χ3n) is 2.39. The Balaban J connectivity index is 0.000000141. The first-order valence-electron chi connectivity index (χ1n) is 5.30. The van der Waals surface area contributed by atoms with E-state index in [1.165, 1.54) is 12.1 Å². The highest BCUT2D eigenvalue weighted by Gasteiger charge is 2.00. The van der Waals surface area contributed by atoms with Crippen molar-refractivity contribution < 1.29 is 8.81 Å². The fourth-order valence-electron chi connectivity index (χ4n) is 1.43. The van der Waals surface area contributed by atoms with Crippen LogP contribution in [0.1, 0.15) is 5.56 Å². The van der Waals surface area contributed by atoms with Gasteiger partial charge in [0, 0.05) is 12.3 Å². The van der Waals surface area contributed by atoms with E-state index >= 15 is 0 Å². The number of aromatic amines is 1. The van der Waals surface area contributed by atoms with Gasteiger partial charge in [0.1, 0.15) is 5.82 Å². The Morgan fingerprint density at radius 3 is 2.79 bits per heavy atom. The van der Waals surface area contributed by atoms with Gasteiger partial charge in [-0.25, -0.2) is 4.39 Å². The van der Waals surface area contributed by atoms with Crippen LogP contribution in [0.3, 0.4) is 0 Å². The molecule has 0 aliphatic heterocycles. The van der Waals surface area contributed by atoms with Crippen LogP contribution in [0, 0.1) is 17.1 Å². The summed E-state index contributed by atoms with van der Waals surface area (Å²) in [5.74, 6) is -0.543. The number of anilines is 1. The number of nitriles is 1. The summed E-state index contributed by atoms with van der Waals surface area (Å²) in [6, 6.07) is 7.62. The number of rotatable bonds is 0. The molecule has 0 fully saturated rings. The number of fused-ring (bicyclic) bond motifs is 1. The molecule has 3 aromatic rings. The lowest BCUT2D eigenvalue weighted by molar-refractivity contribution is 0.609. The second-order valence-corrected chi connectivity index (χ2v) is 4.17. The highest BCUT2D eigenvalue weighted by Crippen LogP contribution is 2.21. The number of nitrogens with two attached hydrogens (primary N) is 1. The molecule has 3 rings (SSSR count). The molecule has 0 radical (unpaired) electrons. The number of nitrogens with zero attached hydrogens (tertiary/aromatic N) is 1. The second kappa shape index (κ2) is 5.50. The van der Waals surface area contributed by atoms with E-state index < -0.39 is 5.82 Å². The van der Waals surface area contributed by atoms with Crippen molar-refractivity contribution in [1.29, 1.82) is 5.26 Å². The van der Waals surface area contributed by atoms with E-state index in [-0.39, 0.29) is 11.3 Å². The maximum absolute atomic E-state index is 12.5. The number of nitrogens with one attached hydrogen (secondary N) is 1. The molecule has 0 unspecified atom stereocenters. The van der Waals surface area contributed by atoms with Crippen molar-refractivity contribution in [3.63, 3.8) is 0 Å². The zero-order chi connectivity index (χ0) is 13.8. The molecule has 0 saturated heterocycles. The Morgan fingerprint density at radius 1 is 1.37 bits per heavy atom. The molecule has 0 saturated carbocycles. The minimum Gasteiger partial charge on any atom is -0.461 e. The second-order valence-electron chi connectivity index (χ2n) is 3.69. The number of H-pyrrole nitrogens is 1. The average molecular weight is 275 g/mol.